The third-order valence-electron chi connectivity index (χ3n) is 2.19. The first-order valence-corrected chi connectivity index (χ1v) is 4.25. The van der Waals surface area contributed by atoms with Crippen LogP contribution in [0, 0.1) is 0 Å². The fraction of sp³-hybridized carbons (Fsp3) is 0.200. The van der Waals surface area contributed by atoms with Crippen molar-refractivity contribution < 1.29 is 14.7 Å². The molecule has 0 N–H and O–H groups in total. The van der Waals surface area contributed by atoms with E-state index in [1.807, 2.05) is 0 Å². The Hall–Kier alpha value is -1.68. The summed E-state index contributed by atoms with van der Waals surface area (Å²) >= 11 is 0. The van der Waals surface area contributed by atoms with Gasteiger partial charge in [-0.1, -0.05) is 12.1 Å². The van der Waals surface area contributed by atoms with Gasteiger partial charge in [-0.2, -0.15) is 0 Å². The molecule has 0 fully saturated rings. The number of imide groups is 1. The average molecular weight is 190 g/mol. The minimum absolute atomic E-state index is 0.320. The smallest absolute Gasteiger partial charge is 0.263 e. The second-order valence-electron chi connectivity index (χ2n) is 3.13. The number of carbonyl (C=O) groups is 2. The fourth-order valence-electron chi connectivity index (χ4n) is 1.54. The number of benzene rings is 1. The quantitative estimate of drug-likeness (QED) is 0.621. The highest BCUT2D eigenvalue weighted by Crippen LogP contribution is 2.23. The monoisotopic (exact) mass is 190 g/mol. The van der Waals surface area contributed by atoms with Gasteiger partial charge in [0.2, 0.25) is 0 Å². The van der Waals surface area contributed by atoms with Crippen molar-refractivity contribution in [2.45, 2.75) is 13.2 Å². The van der Waals surface area contributed by atoms with Crippen molar-refractivity contribution in [3.63, 3.8) is 0 Å². The Morgan fingerprint density at radius 3 is 1.86 bits per heavy atom. The Morgan fingerprint density at radius 1 is 1.07 bits per heavy atom. The molecule has 4 nitrogen and oxygen atoms in total. The van der Waals surface area contributed by atoms with Gasteiger partial charge in [0.25, 0.3) is 11.8 Å². The summed E-state index contributed by atoms with van der Waals surface area (Å²) in [5.41, 5.74) is 0.639. The lowest BCUT2D eigenvalue weighted by Gasteiger charge is -2.14. The third-order valence-corrected chi connectivity index (χ3v) is 2.19. The van der Waals surface area contributed by atoms with Gasteiger partial charge in [0, 0.05) is 0 Å². The summed E-state index contributed by atoms with van der Waals surface area (Å²) in [6, 6.07) is 6.45. The van der Waals surface area contributed by atoms with Crippen LogP contribution < -0.4 is 0 Å². The zero-order chi connectivity index (χ0) is 10.3. The van der Waals surface area contributed by atoms with Crippen molar-refractivity contribution >= 4 is 11.8 Å². The SMILES string of the molecule is CC([O])N1C(=O)c2ccccc2C1=O. The molecule has 0 aliphatic carbocycles. The zero-order valence-electron chi connectivity index (χ0n) is 7.56. The van der Waals surface area contributed by atoms with Crippen LogP contribution in [0.4, 0.5) is 0 Å². The summed E-state index contributed by atoms with van der Waals surface area (Å²) in [6.07, 6.45) is -1.33. The van der Waals surface area contributed by atoms with Gasteiger partial charge in [-0.25, -0.2) is 10.0 Å². The predicted octanol–water partition coefficient (Wildman–Crippen LogP) is 1.06. The van der Waals surface area contributed by atoms with E-state index in [-0.39, 0.29) is 0 Å². The van der Waals surface area contributed by atoms with Crippen LogP contribution in [-0.2, 0) is 5.11 Å². The van der Waals surface area contributed by atoms with Crippen LogP contribution in [0.25, 0.3) is 0 Å². The second-order valence-corrected chi connectivity index (χ2v) is 3.13. The predicted molar refractivity (Wildman–Crippen MR) is 47.1 cm³/mol. The molecule has 2 amide bonds. The molecule has 1 atom stereocenters. The summed E-state index contributed by atoms with van der Waals surface area (Å²) in [6.45, 7) is 1.28. The second kappa shape index (κ2) is 2.92. The number of hydrogen-bond acceptors (Lipinski definition) is 2. The molecule has 1 aromatic rings. The first kappa shape index (κ1) is 8.90. The molecule has 2 rings (SSSR count). The zero-order valence-corrected chi connectivity index (χ0v) is 7.56. The number of carbonyl (C=O) groups excluding carboxylic acids is 2. The van der Waals surface area contributed by atoms with E-state index in [1.165, 1.54) is 6.92 Å². The van der Waals surface area contributed by atoms with Gasteiger partial charge in [0.05, 0.1) is 11.1 Å². The molecule has 4 heteroatoms. The Balaban J connectivity index is 2.54. The lowest BCUT2D eigenvalue weighted by Crippen LogP contribution is -2.36. The molecule has 14 heavy (non-hydrogen) atoms. The molecule has 0 saturated carbocycles. The first-order chi connectivity index (χ1) is 6.63. The maximum absolute atomic E-state index is 11.6. The number of hydrogen-bond donors (Lipinski definition) is 0. The minimum Gasteiger partial charge on any atom is -0.268 e. The number of fused-ring (bicyclic) bond motifs is 1. The molecule has 1 unspecified atom stereocenters. The topological polar surface area (TPSA) is 57.3 Å². The molecule has 1 aromatic carbocycles. The fourth-order valence-corrected chi connectivity index (χ4v) is 1.54. The highest BCUT2D eigenvalue weighted by atomic mass is 16.3. The standard InChI is InChI=1S/C10H8NO3/c1-6(12)11-9(13)7-4-2-3-5-8(7)10(11)14/h2-6H,1H3. The van der Waals surface area contributed by atoms with Crippen molar-refractivity contribution in [1.82, 2.24) is 4.90 Å². The van der Waals surface area contributed by atoms with Crippen LogP contribution in [0.1, 0.15) is 27.6 Å². The molecule has 0 spiro atoms. The average Bonchev–Trinajstić information content (AvgIpc) is 2.41. The van der Waals surface area contributed by atoms with Gasteiger partial charge in [-0.3, -0.25) is 9.59 Å². The first-order valence-electron chi connectivity index (χ1n) is 4.25. The molecule has 1 aliphatic rings. The van der Waals surface area contributed by atoms with E-state index < -0.39 is 18.0 Å². The minimum atomic E-state index is -1.33. The third kappa shape index (κ3) is 1.04. The number of rotatable bonds is 1. The molecule has 71 valence electrons. The van der Waals surface area contributed by atoms with Crippen LogP contribution in [0.5, 0.6) is 0 Å². The Bertz CT molecular complexity index is 377. The summed E-state index contributed by atoms with van der Waals surface area (Å²) in [5.74, 6) is -0.985. The molecular formula is C10H8NO3. The van der Waals surface area contributed by atoms with E-state index in [0.29, 0.717) is 11.1 Å². The van der Waals surface area contributed by atoms with Crippen LogP contribution >= 0.6 is 0 Å². The van der Waals surface area contributed by atoms with E-state index in [2.05, 4.69) is 0 Å². The van der Waals surface area contributed by atoms with Gasteiger partial charge in [-0.05, 0) is 19.1 Å². The Kier molecular flexibility index (Phi) is 1.86. The summed E-state index contributed by atoms with van der Waals surface area (Å²) in [7, 11) is 0. The molecule has 0 aromatic heterocycles. The van der Waals surface area contributed by atoms with E-state index in [1.54, 1.807) is 24.3 Å². The van der Waals surface area contributed by atoms with Crippen LogP contribution in [0.2, 0.25) is 0 Å². The van der Waals surface area contributed by atoms with E-state index in [9.17, 15) is 14.7 Å². The maximum atomic E-state index is 11.6. The lowest BCUT2D eigenvalue weighted by atomic mass is 10.1. The largest absolute Gasteiger partial charge is 0.268 e. The summed E-state index contributed by atoms with van der Waals surface area (Å²) in [5, 5.41) is 11.1. The molecule has 1 radical (unpaired) electrons. The van der Waals surface area contributed by atoms with Crippen molar-refractivity contribution in [1.29, 1.82) is 0 Å². The molecule has 1 heterocycles. The summed E-state index contributed by atoms with van der Waals surface area (Å²) < 4.78 is 0. The summed E-state index contributed by atoms with van der Waals surface area (Å²) in [4.78, 5) is 23.8. The van der Waals surface area contributed by atoms with Gasteiger partial charge in [0.15, 0.2) is 6.23 Å². The Morgan fingerprint density at radius 2 is 1.50 bits per heavy atom. The Labute approximate surface area is 80.8 Å². The van der Waals surface area contributed by atoms with Crippen LogP contribution in [-0.4, -0.2) is 22.9 Å². The van der Waals surface area contributed by atoms with Gasteiger partial charge >= 0.3 is 0 Å². The molecular weight excluding hydrogens is 182 g/mol. The van der Waals surface area contributed by atoms with E-state index >= 15 is 0 Å². The molecule has 1 aliphatic heterocycles. The highest BCUT2D eigenvalue weighted by Gasteiger charge is 2.37. The van der Waals surface area contributed by atoms with Gasteiger partial charge < -0.3 is 0 Å². The van der Waals surface area contributed by atoms with Crippen molar-refractivity contribution in [2.24, 2.45) is 0 Å². The van der Waals surface area contributed by atoms with Crippen molar-refractivity contribution in [3.8, 4) is 0 Å². The maximum Gasteiger partial charge on any atom is 0.263 e. The van der Waals surface area contributed by atoms with E-state index in [4.69, 9.17) is 0 Å². The molecule has 0 saturated heterocycles. The van der Waals surface area contributed by atoms with Gasteiger partial charge in [0.1, 0.15) is 0 Å². The normalized spacial score (nSPS) is 17.1. The van der Waals surface area contributed by atoms with E-state index in [0.717, 1.165) is 4.90 Å². The van der Waals surface area contributed by atoms with Crippen LogP contribution in [0.15, 0.2) is 24.3 Å². The molecule has 0 bridgehead atoms. The van der Waals surface area contributed by atoms with Gasteiger partial charge in [-0.15, -0.1) is 0 Å². The van der Waals surface area contributed by atoms with Crippen molar-refractivity contribution in [2.75, 3.05) is 0 Å². The number of nitrogens with zero attached hydrogens (tertiary/aromatic N) is 1. The number of amides is 2. The van der Waals surface area contributed by atoms with Crippen molar-refractivity contribution in [3.05, 3.63) is 35.4 Å². The lowest BCUT2D eigenvalue weighted by molar-refractivity contribution is -0.0104. The van der Waals surface area contributed by atoms with Crippen LogP contribution in [0.3, 0.4) is 0 Å². The highest BCUT2D eigenvalue weighted by molar-refractivity contribution is 6.21.